The Morgan fingerprint density at radius 3 is 2.52 bits per heavy atom. The molecule has 0 aliphatic heterocycles. The number of allylic oxidation sites excluding steroid dienone is 2. The molecule has 0 unspecified atom stereocenters. The van der Waals surface area contributed by atoms with E-state index in [0.717, 1.165) is 0 Å². The quantitative estimate of drug-likeness (QED) is 0.675. The molecule has 23 heavy (non-hydrogen) atoms. The van der Waals surface area contributed by atoms with E-state index in [-0.39, 0.29) is 11.9 Å². The molecule has 0 fully saturated rings. The molecule has 0 atom stereocenters. The highest BCUT2D eigenvalue weighted by atomic mass is 16.1. The van der Waals surface area contributed by atoms with Crippen LogP contribution in [-0.4, -0.2) is 25.4 Å². The molecule has 2 aromatic heterocycles. The van der Waals surface area contributed by atoms with Crippen molar-refractivity contribution in [3.05, 3.63) is 49.6 Å². The number of nitrogens with one attached hydrogen (secondary N) is 1. The van der Waals surface area contributed by atoms with E-state index in [1.165, 1.54) is 18.5 Å². The van der Waals surface area contributed by atoms with Crippen molar-refractivity contribution in [2.45, 2.75) is 33.7 Å². The summed E-state index contributed by atoms with van der Waals surface area (Å²) >= 11 is 0. The van der Waals surface area contributed by atoms with Gasteiger partial charge in [-0.1, -0.05) is 45.2 Å². The second kappa shape index (κ2) is 8.63. The molecule has 1 amide bonds. The Labute approximate surface area is 136 Å². The highest BCUT2D eigenvalue weighted by Gasteiger charge is 2.14. The number of anilines is 1. The van der Waals surface area contributed by atoms with Crippen molar-refractivity contribution in [2.24, 2.45) is 0 Å². The van der Waals surface area contributed by atoms with E-state index >= 15 is 0 Å². The van der Waals surface area contributed by atoms with Crippen LogP contribution in [0.3, 0.4) is 0 Å². The van der Waals surface area contributed by atoms with Gasteiger partial charge in [0.05, 0.1) is 6.33 Å². The third-order valence-corrected chi connectivity index (χ3v) is 2.93. The molecule has 0 aliphatic carbocycles. The largest absolute Gasteiger partial charge is 0.313 e. The fourth-order valence-electron chi connectivity index (χ4n) is 1.86. The SMILES string of the molecule is C=C/C=C(\C=C)C(=O)Nc1ncnc2c1ncn2C(C)C.CC. The fraction of sp³-hybridized carbons (Fsp3) is 0.294. The van der Waals surface area contributed by atoms with Crippen molar-refractivity contribution in [2.75, 3.05) is 5.32 Å². The predicted molar refractivity (Wildman–Crippen MR) is 94.2 cm³/mol. The van der Waals surface area contributed by atoms with Crippen LogP contribution in [0.1, 0.15) is 33.7 Å². The summed E-state index contributed by atoms with van der Waals surface area (Å²) in [4.78, 5) is 24.7. The molecule has 0 bridgehead atoms. The zero-order valence-corrected chi connectivity index (χ0v) is 14.1. The molecular weight excluding hydrogens is 290 g/mol. The van der Waals surface area contributed by atoms with Gasteiger partial charge < -0.3 is 9.88 Å². The third-order valence-electron chi connectivity index (χ3n) is 2.93. The molecule has 0 saturated carbocycles. The Balaban J connectivity index is 0.00000127. The predicted octanol–water partition coefficient (Wildman–Crippen LogP) is 3.67. The molecule has 2 rings (SSSR count). The minimum atomic E-state index is -0.316. The molecule has 0 aromatic carbocycles. The summed E-state index contributed by atoms with van der Waals surface area (Å²) in [7, 11) is 0. The van der Waals surface area contributed by atoms with Gasteiger partial charge >= 0.3 is 0 Å². The van der Waals surface area contributed by atoms with Gasteiger partial charge in [-0.05, 0) is 13.8 Å². The number of carbonyl (C=O) groups is 1. The molecule has 1 N–H and O–H groups in total. The zero-order valence-electron chi connectivity index (χ0n) is 14.1. The first kappa shape index (κ1) is 18.3. The van der Waals surface area contributed by atoms with Crippen LogP contribution in [0.25, 0.3) is 11.2 Å². The summed E-state index contributed by atoms with van der Waals surface area (Å²) in [6, 6.07) is 0.220. The Morgan fingerprint density at radius 1 is 1.26 bits per heavy atom. The van der Waals surface area contributed by atoms with Crippen molar-refractivity contribution < 1.29 is 4.79 Å². The number of carbonyl (C=O) groups excluding carboxylic acids is 1. The van der Waals surface area contributed by atoms with Crippen molar-refractivity contribution in [3.8, 4) is 0 Å². The van der Waals surface area contributed by atoms with Crippen LogP contribution in [0, 0.1) is 0 Å². The van der Waals surface area contributed by atoms with Gasteiger partial charge in [-0.25, -0.2) is 15.0 Å². The molecule has 0 radical (unpaired) electrons. The Bertz CT molecular complexity index is 728. The standard InChI is InChI=1S/C15H17N5O.C2H6/c1-5-7-11(6-2)15(21)19-13-12-14(17-8-16-13)20(9-18-12)10(3)4;1-2/h5-10H,1-2H2,3-4H3,(H,16,17,19,21);1-2H3/b11-7+;. The second-order valence-electron chi connectivity index (χ2n) is 4.66. The van der Waals surface area contributed by atoms with Crippen LogP contribution >= 0.6 is 0 Å². The maximum atomic E-state index is 12.1. The topological polar surface area (TPSA) is 72.7 Å². The highest BCUT2D eigenvalue weighted by molar-refractivity contribution is 6.08. The first-order valence-corrected chi connectivity index (χ1v) is 7.52. The van der Waals surface area contributed by atoms with Crippen LogP contribution in [0.2, 0.25) is 0 Å². The lowest BCUT2D eigenvalue weighted by molar-refractivity contribution is -0.112. The average Bonchev–Trinajstić information content (AvgIpc) is 2.99. The smallest absolute Gasteiger partial charge is 0.256 e. The minimum Gasteiger partial charge on any atom is -0.313 e. The summed E-state index contributed by atoms with van der Waals surface area (Å²) in [5.41, 5.74) is 1.64. The lowest BCUT2D eigenvalue weighted by Crippen LogP contribution is -2.14. The van der Waals surface area contributed by atoms with Gasteiger partial charge in [0.15, 0.2) is 17.0 Å². The molecule has 6 heteroatoms. The number of aromatic nitrogens is 4. The number of amides is 1. The van der Waals surface area contributed by atoms with Crippen molar-refractivity contribution >= 4 is 22.9 Å². The average molecular weight is 313 g/mol. The molecule has 122 valence electrons. The summed E-state index contributed by atoms with van der Waals surface area (Å²) in [5.74, 6) is 0.0604. The summed E-state index contributed by atoms with van der Waals surface area (Å²) in [5, 5.41) is 2.72. The van der Waals surface area contributed by atoms with Crippen LogP contribution in [0.15, 0.2) is 49.6 Å². The maximum Gasteiger partial charge on any atom is 0.256 e. The van der Waals surface area contributed by atoms with Gasteiger partial charge in [0, 0.05) is 11.6 Å². The molecule has 2 aromatic rings. The van der Waals surface area contributed by atoms with E-state index in [2.05, 4.69) is 33.4 Å². The molecule has 0 spiro atoms. The van der Waals surface area contributed by atoms with Gasteiger partial charge in [0.25, 0.3) is 5.91 Å². The van der Waals surface area contributed by atoms with Crippen molar-refractivity contribution in [1.82, 2.24) is 19.5 Å². The van der Waals surface area contributed by atoms with E-state index in [4.69, 9.17) is 0 Å². The number of hydrogen-bond acceptors (Lipinski definition) is 4. The van der Waals surface area contributed by atoms with Gasteiger partial charge in [-0.3, -0.25) is 4.79 Å². The van der Waals surface area contributed by atoms with E-state index in [1.807, 2.05) is 32.3 Å². The van der Waals surface area contributed by atoms with Crippen LogP contribution in [0.4, 0.5) is 5.82 Å². The fourth-order valence-corrected chi connectivity index (χ4v) is 1.86. The third kappa shape index (κ3) is 4.12. The van der Waals surface area contributed by atoms with E-state index < -0.39 is 0 Å². The first-order chi connectivity index (χ1) is 11.1. The van der Waals surface area contributed by atoms with Gasteiger partial charge in [0.2, 0.25) is 0 Å². The van der Waals surface area contributed by atoms with Gasteiger partial charge in [-0.15, -0.1) is 0 Å². The normalized spacial score (nSPS) is 10.9. The Kier molecular flexibility index (Phi) is 6.86. The summed E-state index contributed by atoms with van der Waals surface area (Å²) in [6.45, 7) is 15.2. The lowest BCUT2D eigenvalue weighted by Gasteiger charge is -2.08. The highest BCUT2D eigenvalue weighted by Crippen LogP contribution is 2.20. The number of nitrogens with zero attached hydrogens (tertiary/aromatic N) is 4. The van der Waals surface area contributed by atoms with Gasteiger partial charge in [-0.2, -0.15) is 0 Å². The van der Waals surface area contributed by atoms with E-state index in [1.54, 1.807) is 12.4 Å². The number of hydrogen-bond donors (Lipinski definition) is 1. The number of imidazole rings is 1. The monoisotopic (exact) mass is 313 g/mol. The van der Waals surface area contributed by atoms with E-state index in [9.17, 15) is 4.79 Å². The lowest BCUT2D eigenvalue weighted by atomic mass is 10.2. The van der Waals surface area contributed by atoms with Crippen LogP contribution < -0.4 is 5.32 Å². The van der Waals surface area contributed by atoms with Crippen LogP contribution in [-0.2, 0) is 4.79 Å². The van der Waals surface area contributed by atoms with Gasteiger partial charge in [0.1, 0.15) is 6.33 Å². The summed E-state index contributed by atoms with van der Waals surface area (Å²) in [6.07, 6.45) is 7.66. The minimum absolute atomic E-state index is 0.220. The first-order valence-electron chi connectivity index (χ1n) is 7.52. The molecule has 0 saturated heterocycles. The molecule has 6 nitrogen and oxygen atoms in total. The summed E-state index contributed by atoms with van der Waals surface area (Å²) < 4.78 is 1.92. The Morgan fingerprint density at radius 2 is 1.96 bits per heavy atom. The van der Waals surface area contributed by atoms with Crippen LogP contribution in [0.5, 0.6) is 0 Å². The molecule has 0 aliphatic rings. The maximum absolute atomic E-state index is 12.1. The van der Waals surface area contributed by atoms with E-state index in [0.29, 0.717) is 22.6 Å². The zero-order chi connectivity index (χ0) is 17.4. The molecule has 2 heterocycles. The van der Waals surface area contributed by atoms with Crippen molar-refractivity contribution in [3.63, 3.8) is 0 Å². The second-order valence-corrected chi connectivity index (χ2v) is 4.66. The molecular formula is C17H23N5O. The number of fused-ring (bicyclic) bond motifs is 1. The van der Waals surface area contributed by atoms with Crippen molar-refractivity contribution in [1.29, 1.82) is 0 Å². The number of rotatable bonds is 5. The Hall–Kier alpha value is -2.76.